The Morgan fingerprint density at radius 2 is 2.12 bits per heavy atom. The number of aryl methyl sites for hydroxylation is 1. The van der Waals surface area contributed by atoms with E-state index in [-0.39, 0.29) is 5.91 Å². The van der Waals surface area contributed by atoms with Crippen molar-refractivity contribution in [3.05, 3.63) is 29.8 Å². The lowest BCUT2D eigenvalue weighted by Crippen LogP contribution is -2.33. The molecule has 0 aliphatic heterocycles. The highest BCUT2D eigenvalue weighted by Crippen LogP contribution is 2.28. The zero-order chi connectivity index (χ0) is 18.1. The van der Waals surface area contributed by atoms with Gasteiger partial charge in [-0.15, -0.1) is 10.2 Å². The van der Waals surface area contributed by atoms with Gasteiger partial charge in [-0.25, -0.2) is 0 Å². The first-order chi connectivity index (χ1) is 12.7. The average Bonchev–Trinajstić information content (AvgIpc) is 3.29. The molecule has 1 amide bonds. The van der Waals surface area contributed by atoms with Crippen LogP contribution in [0, 0.1) is 6.92 Å². The molecule has 0 radical (unpaired) electrons. The molecule has 0 unspecified atom stereocenters. The van der Waals surface area contributed by atoms with Crippen molar-refractivity contribution < 1.29 is 9.53 Å². The van der Waals surface area contributed by atoms with Crippen LogP contribution in [0.1, 0.15) is 31.2 Å². The number of amides is 1. The lowest BCUT2D eigenvalue weighted by Gasteiger charge is -2.12. The highest BCUT2D eigenvalue weighted by atomic mass is 32.2. The number of aromatic nitrogens is 3. The standard InChI is InChI=1S/C19H22N4O2S/c1-12-9-17-21-22-19(26-11-18(24)20-13-5-3-4-6-13)23(17)16-10-14(25-2)7-8-15(12)16/h7-10,13H,3-6,11H2,1-2H3,(H,20,24). The van der Waals surface area contributed by atoms with Gasteiger partial charge >= 0.3 is 0 Å². The highest BCUT2D eigenvalue weighted by molar-refractivity contribution is 7.99. The fourth-order valence-corrected chi connectivity index (χ4v) is 4.36. The molecule has 1 N–H and O–H groups in total. The van der Waals surface area contributed by atoms with E-state index in [0.717, 1.165) is 45.9 Å². The zero-order valence-electron chi connectivity index (χ0n) is 15.0. The van der Waals surface area contributed by atoms with Gasteiger partial charge in [0.15, 0.2) is 10.8 Å². The Bertz CT molecular complexity index is 963. The van der Waals surface area contributed by atoms with E-state index in [4.69, 9.17) is 4.74 Å². The number of pyridine rings is 1. The molecule has 1 aliphatic rings. The summed E-state index contributed by atoms with van der Waals surface area (Å²) < 4.78 is 7.37. The van der Waals surface area contributed by atoms with E-state index >= 15 is 0 Å². The molecule has 1 aromatic carbocycles. The molecule has 3 aromatic rings. The van der Waals surface area contributed by atoms with Crippen molar-refractivity contribution in [1.82, 2.24) is 19.9 Å². The number of carbonyl (C=O) groups excluding carboxylic acids is 1. The van der Waals surface area contributed by atoms with Gasteiger partial charge in [-0.05, 0) is 43.5 Å². The number of hydrogen-bond donors (Lipinski definition) is 1. The quantitative estimate of drug-likeness (QED) is 0.698. The van der Waals surface area contributed by atoms with E-state index < -0.39 is 0 Å². The largest absolute Gasteiger partial charge is 0.497 e. The van der Waals surface area contributed by atoms with Crippen molar-refractivity contribution in [3.8, 4) is 5.75 Å². The molecule has 136 valence electrons. The number of ether oxygens (including phenoxy) is 1. The van der Waals surface area contributed by atoms with Gasteiger partial charge in [0.25, 0.3) is 0 Å². The Kier molecular flexibility index (Phi) is 4.72. The Labute approximate surface area is 156 Å². The third-order valence-electron chi connectivity index (χ3n) is 4.93. The number of hydrogen-bond acceptors (Lipinski definition) is 5. The molecule has 7 heteroatoms. The van der Waals surface area contributed by atoms with Gasteiger partial charge in [0.1, 0.15) is 5.75 Å². The van der Waals surface area contributed by atoms with Crippen LogP contribution in [-0.2, 0) is 4.79 Å². The van der Waals surface area contributed by atoms with Gasteiger partial charge in [0.2, 0.25) is 5.91 Å². The second kappa shape index (κ2) is 7.15. The fourth-order valence-electron chi connectivity index (χ4n) is 3.59. The van der Waals surface area contributed by atoms with Crippen LogP contribution in [0.2, 0.25) is 0 Å². The molecule has 2 heterocycles. The Balaban J connectivity index is 1.62. The normalized spacial score (nSPS) is 15.0. The van der Waals surface area contributed by atoms with Crippen LogP contribution in [0.15, 0.2) is 29.4 Å². The molecule has 6 nitrogen and oxygen atoms in total. The van der Waals surface area contributed by atoms with Gasteiger partial charge < -0.3 is 10.1 Å². The summed E-state index contributed by atoms with van der Waals surface area (Å²) in [6, 6.07) is 8.34. The fraction of sp³-hybridized carbons (Fsp3) is 0.421. The summed E-state index contributed by atoms with van der Waals surface area (Å²) in [6.07, 6.45) is 4.60. The predicted molar refractivity (Wildman–Crippen MR) is 103 cm³/mol. The monoisotopic (exact) mass is 370 g/mol. The second-order valence-corrected chi connectivity index (χ2v) is 7.67. The molecule has 0 bridgehead atoms. The van der Waals surface area contributed by atoms with Crippen molar-refractivity contribution >= 4 is 34.2 Å². The van der Waals surface area contributed by atoms with E-state index in [1.165, 1.54) is 24.6 Å². The van der Waals surface area contributed by atoms with E-state index in [1.807, 2.05) is 28.7 Å². The SMILES string of the molecule is COc1ccc2c(C)cc3nnc(SCC(=O)NC4CCCC4)n3c2c1. The van der Waals surface area contributed by atoms with E-state index in [9.17, 15) is 4.79 Å². The second-order valence-electron chi connectivity index (χ2n) is 6.72. The van der Waals surface area contributed by atoms with Gasteiger partial charge in [-0.1, -0.05) is 24.6 Å². The first-order valence-electron chi connectivity index (χ1n) is 8.90. The minimum Gasteiger partial charge on any atom is -0.497 e. The van der Waals surface area contributed by atoms with Crippen LogP contribution in [0.25, 0.3) is 16.6 Å². The van der Waals surface area contributed by atoms with Crippen molar-refractivity contribution in [1.29, 1.82) is 0 Å². The summed E-state index contributed by atoms with van der Waals surface area (Å²) in [6.45, 7) is 2.06. The molecule has 1 aliphatic carbocycles. The van der Waals surface area contributed by atoms with E-state index in [1.54, 1.807) is 7.11 Å². The van der Waals surface area contributed by atoms with Crippen molar-refractivity contribution in [2.45, 2.75) is 43.8 Å². The summed E-state index contributed by atoms with van der Waals surface area (Å²) >= 11 is 1.42. The van der Waals surface area contributed by atoms with Gasteiger partial charge in [0.05, 0.1) is 18.4 Å². The molecule has 0 atom stereocenters. The zero-order valence-corrected chi connectivity index (χ0v) is 15.8. The van der Waals surface area contributed by atoms with E-state index in [2.05, 4.69) is 22.4 Å². The first kappa shape index (κ1) is 17.1. The summed E-state index contributed by atoms with van der Waals surface area (Å²) in [5.74, 6) is 1.19. The third-order valence-corrected chi connectivity index (χ3v) is 5.86. The molecule has 1 fully saturated rings. The number of benzene rings is 1. The van der Waals surface area contributed by atoms with Crippen LogP contribution < -0.4 is 10.1 Å². The van der Waals surface area contributed by atoms with Crippen LogP contribution in [0.5, 0.6) is 5.75 Å². The minimum atomic E-state index is 0.0626. The van der Waals surface area contributed by atoms with Crippen LogP contribution in [0.3, 0.4) is 0 Å². The summed E-state index contributed by atoms with van der Waals surface area (Å²) in [7, 11) is 1.66. The molecule has 0 saturated heterocycles. The average molecular weight is 370 g/mol. The molecule has 0 spiro atoms. The van der Waals surface area contributed by atoms with Crippen molar-refractivity contribution in [2.24, 2.45) is 0 Å². The lowest BCUT2D eigenvalue weighted by atomic mass is 10.1. The molecular formula is C19H22N4O2S. The van der Waals surface area contributed by atoms with Crippen LogP contribution in [0.4, 0.5) is 0 Å². The smallest absolute Gasteiger partial charge is 0.230 e. The number of carbonyl (C=O) groups is 1. The number of nitrogens with zero attached hydrogens (tertiary/aromatic N) is 3. The number of rotatable bonds is 5. The third kappa shape index (κ3) is 3.23. The maximum absolute atomic E-state index is 12.2. The molecular weight excluding hydrogens is 348 g/mol. The first-order valence-corrected chi connectivity index (χ1v) is 9.89. The van der Waals surface area contributed by atoms with Crippen molar-refractivity contribution in [3.63, 3.8) is 0 Å². The molecule has 26 heavy (non-hydrogen) atoms. The summed E-state index contributed by atoms with van der Waals surface area (Å²) in [4.78, 5) is 12.2. The number of methoxy groups -OCH3 is 1. The van der Waals surface area contributed by atoms with Gasteiger partial charge in [-0.2, -0.15) is 0 Å². The Hall–Kier alpha value is -2.28. The van der Waals surface area contributed by atoms with Gasteiger partial charge in [0, 0.05) is 17.5 Å². The van der Waals surface area contributed by atoms with Gasteiger partial charge in [-0.3, -0.25) is 9.20 Å². The Morgan fingerprint density at radius 3 is 2.88 bits per heavy atom. The maximum Gasteiger partial charge on any atom is 0.230 e. The summed E-state index contributed by atoms with van der Waals surface area (Å²) in [5, 5.41) is 13.5. The highest BCUT2D eigenvalue weighted by Gasteiger charge is 2.18. The van der Waals surface area contributed by atoms with Crippen molar-refractivity contribution in [2.75, 3.05) is 12.9 Å². The van der Waals surface area contributed by atoms with E-state index in [0.29, 0.717) is 11.8 Å². The lowest BCUT2D eigenvalue weighted by molar-refractivity contribution is -0.119. The number of nitrogens with one attached hydrogen (secondary N) is 1. The predicted octanol–water partition coefficient (Wildman–Crippen LogP) is 3.35. The Morgan fingerprint density at radius 1 is 1.31 bits per heavy atom. The minimum absolute atomic E-state index is 0.0626. The van der Waals surface area contributed by atoms with Crippen LogP contribution >= 0.6 is 11.8 Å². The maximum atomic E-state index is 12.2. The molecule has 1 saturated carbocycles. The summed E-state index contributed by atoms with van der Waals surface area (Å²) in [5.41, 5.74) is 2.91. The number of thioether (sulfide) groups is 1. The topological polar surface area (TPSA) is 68.5 Å². The molecule has 2 aromatic heterocycles. The number of fused-ring (bicyclic) bond motifs is 3. The molecule has 4 rings (SSSR count). The van der Waals surface area contributed by atoms with Crippen LogP contribution in [-0.4, -0.2) is 39.4 Å².